The monoisotopic (exact) mass is 395 g/mol. The van der Waals surface area contributed by atoms with Crippen LogP contribution in [0.2, 0.25) is 0 Å². The third-order valence-electron chi connectivity index (χ3n) is 4.41. The van der Waals surface area contributed by atoms with E-state index in [2.05, 4.69) is 10.3 Å². The van der Waals surface area contributed by atoms with Gasteiger partial charge in [-0.2, -0.15) is 0 Å². The molecule has 3 heterocycles. The van der Waals surface area contributed by atoms with Crippen LogP contribution in [0, 0.1) is 0 Å². The first-order chi connectivity index (χ1) is 13.4. The molecule has 0 saturated heterocycles. The molecule has 1 amide bonds. The SMILES string of the molecule is CCc1cc2c(=O)n(Cc3cc(=O)oc4cc(NC(C)=O)ccc34)cnc2s1. The Kier molecular flexibility index (Phi) is 4.56. The second kappa shape index (κ2) is 7.05. The molecule has 0 atom stereocenters. The Morgan fingerprint density at radius 2 is 2.04 bits per heavy atom. The smallest absolute Gasteiger partial charge is 0.336 e. The van der Waals surface area contributed by atoms with Crippen molar-refractivity contribution < 1.29 is 9.21 Å². The summed E-state index contributed by atoms with van der Waals surface area (Å²) in [4.78, 5) is 42.3. The van der Waals surface area contributed by atoms with Crippen molar-refractivity contribution in [1.82, 2.24) is 9.55 Å². The van der Waals surface area contributed by atoms with Crippen molar-refractivity contribution in [2.45, 2.75) is 26.8 Å². The number of carbonyl (C=O) groups is 1. The van der Waals surface area contributed by atoms with Crippen molar-refractivity contribution >= 4 is 44.1 Å². The predicted octanol–water partition coefficient (Wildman–Crippen LogP) is 3.13. The Bertz CT molecular complexity index is 1330. The number of aromatic nitrogens is 2. The highest BCUT2D eigenvalue weighted by molar-refractivity contribution is 7.18. The van der Waals surface area contributed by atoms with E-state index in [1.54, 1.807) is 18.2 Å². The van der Waals surface area contributed by atoms with Crippen LogP contribution in [0.1, 0.15) is 24.3 Å². The van der Waals surface area contributed by atoms with E-state index < -0.39 is 5.63 Å². The van der Waals surface area contributed by atoms with Gasteiger partial charge in [0.1, 0.15) is 10.4 Å². The maximum atomic E-state index is 12.8. The maximum Gasteiger partial charge on any atom is 0.336 e. The average molecular weight is 395 g/mol. The highest BCUT2D eigenvalue weighted by Gasteiger charge is 2.12. The number of fused-ring (bicyclic) bond motifs is 2. The molecule has 8 heteroatoms. The minimum Gasteiger partial charge on any atom is -0.423 e. The van der Waals surface area contributed by atoms with Crippen LogP contribution in [0.15, 0.2) is 50.7 Å². The zero-order valence-corrected chi connectivity index (χ0v) is 16.1. The Labute approximate surface area is 163 Å². The van der Waals surface area contributed by atoms with E-state index in [1.807, 2.05) is 13.0 Å². The lowest BCUT2D eigenvalue weighted by Gasteiger charge is -2.09. The number of nitrogens with zero attached hydrogens (tertiary/aromatic N) is 2. The molecule has 0 aliphatic heterocycles. The van der Waals surface area contributed by atoms with E-state index in [-0.39, 0.29) is 18.0 Å². The lowest BCUT2D eigenvalue weighted by molar-refractivity contribution is -0.114. The first-order valence-corrected chi connectivity index (χ1v) is 9.58. The first kappa shape index (κ1) is 18.1. The van der Waals surface area contributed by atoms with E-state index in [0.29, 0.717) is 27.6 Å². The molecule has 4 aromatic rings. The van der Waals surface area contributed by atoms with Gasteiger partial charge >= 0.3 is 5.63 Å². The number of benzene rings is 1. The third kappa shape index (κ3) is 3.34. The predicted molar refractivity (Wildman–Crippen MR) is 109 cm³/mol. The van der Waals surface area contributed by atoms with Crippen molar-refractivity contribution in [2.24, 2.45) is 0 Å². The molecule has 7 nitrogen and oxygen atoms in total. The van der Waals surface area contributed by atoms with E-state index in [0.717, 1.165) is 16.1 Å². The van der Waals surface area contributed by atoms with Gasteiger partial charge in [-0.1, -0.05) is 6.92 Å². The fourth-order valence-electron chi connectivity index (χ4n) is 3.12. The van der Waals surface area contributed by atoms with Gasteiger partial charge in [-0.25, -0.2) is 9.78 Å². The summed E-state index contributed by atoms with van der Waals surface area (Å²) < 4.78 is 6.76. The number of aryl methyl sites for hydroxylation is 1. The van der Waals surface area contributed by atoms with Crippen molar-refractivity contribution in [2.75, 3.05) is 5.32 Å². The molecule has 3 aromatic heterocycles. The van der Waals surface area contributed by atoms with E-state index in [1.165, 1.54) is 35.2 Å². The Morgan fingerprint density at radius 3 is 2.79 bits per heavy atom. The molecule has 0 spiro atoms. The van der Waals surface area contributed by atoms with Crippen molar-refractivity contribution in [3.63, 3.8) is 0 Å². The molecule has 1 aromatic carbocycles. The fraction of sp³-hybridized carbons (Fsp3) is 0.200. The summed E-state index contributed by atoms with van der Waals surface area (Å²) in [6.45, 7) is 3.63. The first-order valence-electron chi connectivity index (χ1n) is 8.77. The van der Waals surface area contributed by atoms with Gasteiger partial charge in [-0.3, -0.25) is 14.2 Å². The van der Waals surface area contributed by atoms with Crippen LogP contribution >= 0.6 is 11.3 Å². The number of thiophene rings is 1. The molecule has 0 radical (unpaired) electrons. The molecule has 28 heavy (non-hydrogen) atoms. The van der Waals surface area contributed by atoms with Gasteiger partial charge in [-0.05, 0) is 30.2 Å². The van der Waals surface area contributed by atoms with E-state index in [9.17, 15) is 14.4 Å². The standard InChI is InChI=1S/C20H17N3O4S/c1-3-14-8-16-19(28-14)21-10-23(20(16)26)9-12-6-18(25)27-17-7-13(22-11(2)24)4-5-15(12)17/h4-8,10H,3,9H2,1-2H3,(H,22,24). The molecule has 0 saturated carbocycles. The molecular weight excluding hydrogens is 378 g/mol. The topological polar surface area (TPSA) is 94.2 Å². The number of amides is 1. The van der Waals surface area contributed by atoms with Gasteiger partial charge < -0.3 is 9.73 Å². The average Bonchev–Trinajstić information content (AvgIpc) is 3.07. The molecule has 142 valence electrons. The van der Waals surface area contributed by atoms with Gasteiger partial charge in [0.05, 0.1) is 18.3 Å². The Balaban J connectivity index is 1.80. The van der Waals surface area contributed by atoms with E-state index in [4.69, 9.17) is 4.42 Å². The molecular formula is C20H17N3O4S. The molecule has 1 N–H and O–H groups in total. The van der Waals surface area contributed by atoms with Gasteiger partial charge in [0, 0.05) is 35.0 Å². The Hall–Kier alpha value is -3.26. The van der Waals surface area contributed by atoms with Gasteiger partial charge in [-0.15, -0.1) is 11.3 Å². The minimum absolute atomic E-state index is 0.141. The summed E-state index contributed by atoms with van der Waals surface area (Å²) in [5, 5.41) is 3.94. The third-order valence-corrected chi connectivity index (χ3v) is 5.60. The van der Waals surface area contributed by atoms with Crippen molar-refractivity contribution in [3.8, 4) is 0 Å². The number of hydrogen-bond donors (Lipinski definition) is 1. The lowest BCUT2D eigenvalue weighted by atomic mass is 10.1. The van der Waals surface area contributed by atoms with Gasteiger partial charge in [0.25, 0.3) is 5.56 Å². The second-order valence-corrected chi connectivity index (χ2v) is 7.56. The van der Waals surface area contributed by atoms with Crippen molar-refractivity contribution in [1.29, 1.82) is 0 Å². The zero-order chi connectivity index (χ0) is 19.8. The molecule has 0 bridgehead atoms. The number of carbonyl (C=O) groups excluding carboxylic acids is 1. The zero-order valence-electron chi connectivity index (χ0n) is 15.3. The Morgan fingerprint density at radius 1 is 1.21 bits per heavy atom. The highest BCUT2D eigenvalue weighted by atomic mass is 32.1. The van der Waals surface area contributed by atoms with Crippen molar-refractivity contribution in [3.05, 3.63) is 67.9 Å². The summed E-state index contributed by atoms with van der Waals surface area (Å²) in [7, 11) is 0. The maximum absolute atomic E-state index is 12.8. The largest absolute Gasteiger partial charge is 0.423 e. The van der Waals surface area contributed by atoms with E-state index >= 15 is 0 Å². The van der Waals surface area contributed by atoms with Crippen LogP contribution in [0.3, 0.4) is 0 Å². The summed E-state index contributed by atoms with van der Waals surface area (Å²) in [5.74, 6) is -0.217. The number of hydrogen-bond acceptors (Lipinski definition) is 6. The molecule has 0 fully saturated rings. The van der Waals surface area contributed by atoms with Crippen LogP contribution in [0.25, 0.3) is 21.2 Å². The summed E-state index contributed by atoms with van der Waals surface area (Å²) in [6, 6.07) is 8.34. The second-order valence-electron chi connectivity index (χ2n) is 6.45. The van der Waals surface area contributed by atoms with Crippen LogP contribution < -0.4 is 16.5 Å². The molecule has 0 aliphatic carbocycles. The summed E-state index contributed by atoms with van der Waals surface area (Å²) >= 11 is 1.51. The fourth-order valence-corrected chi connectivity index (χ4v) is 4.05. The van der Waals surface area contributed by atoms with Crippen LogP contribution in [0.4, 0.5) is 5.69 Å². The quantitative estimate of drug-likeness (QED) is 0.536. The molecule has 0 unspecified atom stereocenters. The van der Waals surface area contributed by atoms with Crippen LogP contribution in [-0.2, 0) is 17.8 Å². The van der Waals surface area contributed by atoms with Gasteiger partial charge in [0.15, 0.2) is 0 Å². The number of nitrogens with one attached hydrogen (secondary N) is 1. The lowest BCUT2D eigenvalue weighted by Crippen LogP contribution is -2.21. The molecule has 0 aliphatic rings. The van der Waals surface area contributed by atoms with Gasteiger partial charge in [0.2, 0.25) is 5.91 Å². The number of rotatable bonds is 4. The summed E-state index contributed by atoms with van der Waals surface area (Å²) in [6.07, 6.45) is 2.36. The summed E-state index contributed by atoms with van der Waals surface area (Å²) in [5.41, 5.74) is 0.867. The van der Waals surface area contributed by atoms with Crippen LogP contribution in [-0.4, -0.2) is 15.5 Å². The molecule has 4 rings (SSSR count). The highest BCUT2D eigenvalue weighted by Crippen LogP contribution is 2.23. The van der Waals surface area contributed by atoms with Crippen LogP contribution in [0.5, 0.6) is 0 Å². The normalized spacial score (nSPS) is 11.2. The minimum atomic E-state index is -0.520. The number of anilines is 1.